The third kappa shape index (κ3) is 5.59. The van der Waals surface area contributed by atoms with E-state index in [1.807, 2.05) is 36.4 Å². The molecule has 138 valence electrons. The van der Waals surface area contributed by atoms with Crippen molar-refractivity contribution in [1.29, 1.82) is 0 Å². The van der Waals surface area contributed by atoms with Crippen LogP contribution in [0.1, 0.15) is 52.7 Å². The van der Waals surface area contributed by atoms with Crippen molar-refractivity contribution >= 4 is 17.8 Å². The minimum absolute atomic E-state index is 0.00717. The SMILES string of the molecule is CC(C)(C)/C=C/c1cc(F)cc(/C=C/C(C)(C)C)c1-c1ccccc1N. The zero-order valence-electron chi connectivity index (χ0n) is 16.7. The fourth-order valence-electron chi connectivity index (χ4n) is 2.63. The summed E-state index contributed by atoms with van der Waals surface area (Å²) in [5, 5.41) is 0. The standard InChI is InChI=1S/C24H30FN/c1-23(2,3)13-11-17-15-19(25)16-18(12-14-24(4,5)6)22(17)20-9-7-8-10-21(20)26/h7-16H,26H2,1-6H3/b13-11+,14-12+. The Bertz CT molecular complexity index is 785. The highest BCUT2D eigenvalue weighted by atomic mass is 19.1. The van der Waals surface area contributed by atoms with Crippen LogP contribution < -0.4 is 5.73 Å². The fraction of sp³-hybridized carbons (Fsp3) is 0.333. The van der Waals surface area contributed by atoms with Gasteiger partial charge < -0.3 is 5.73 Å². The molecule has 2 aromatic carbocycles. The zero-order chi connectivity index (χ0) is 19.5. The summed E-state index contributed by atoms with van der Waals surface area (Å²) in [6, 6.07) is 10.9. The third-order valence-electron chi connectivity index (χ3n) is 3.92. The monoisotopic (exact) mass is 351 g/mol. The molecule has 0 fully saturated rings. The summed E-state index contributed by atoms with van der Waals surface area (Å²) in [6.07, 6.45) is 8.20. The Balaban J connectivity index is 2.75. The maximum atomic E-state index is 14.4. The summed E-state index contributed by atoms with van der Waals surface area (Å²) in [4.78, 5) is 0. The molecule has 0 aliphatic carbocycles. The van der Waals surface area contributed by atoms with E-state index in [0.717, 1.165) is 22.3 Å². The van der Waals surface area contributed by atoms with Gasteiger partial charge >= 0.3 is 0 Å². The molecule has 2 rings (SSSR count). The average molecular weight is 352 g/mol. The summed E-state index contributed by atoms with van der Waals surface area (Å²) >= 11 is 0. The molecule has 0 bridgehead atoms. The lowest BCUT2D eigenvalue weighted by Gasteiger charge is -2.17. The van der Waals surface area contributed by atoms with E-state index in [1.54, 1.807) is 12.1 Å². The number of nitrogens with two attached hydrogens (primary N) is 1. The number of benzene rings is 2. The van der Waals surface area contributed by atoms with Gasteiger partial charge in [-0.1, -0.05) is 84.0 Å². The van der Waals surface area contributed by atoms with Crippen molar-refractivity contribution in [3.63, 3.8) is 0 Å². The summed E-state index contributed by atoms with van der Waals surface area (Å²) in [5.41, 5.74) is 10.5. The van der Waals surface area contributed by atoms with Gasteiger partial charge in [-0.05, 0) is 45.7 Å². The van der Waals surface area contributed by atoms with Crippen molar-refractivity contribution in [2.45, 2.75) is 41.5 Å². The van der Waals surface area contributed by atoms with Gasteiger partial charge in [0.25, 0.3) is 0 Å². The lowest BCUT2D eigenvalue weighted by molar-refractivity contribution is 0.547. The largest absolute Gasteiger partial charge is 0.398 e. The molecular weight excluding hydrogens is 321 g/mol. The molecule has 26 heavy (non-hydrogen) atoms. The number of hydrogen-bond acceptors (Lipinski definition) is 1. The summed E-state index contributed by atoms with van der Waals surface area (Å²) < 4.78 is 14.4. The molecule has 2 aromatic rings. The third-order valence-corrected chi connectivity index (χ3v) is 3.92. The van der Waals surface area contributed by atoms with Crippen LogP contribution in [0.5, 0.6) is 0 Å². The van der Waals surface area contributed by atoms with Crippen LogP contribution in [0.3, 0.4) is 0 Å². The second-order valence-electron chi connectivity index (χ2n) is 8.95. The maximum absolute atomic E-state index is 14.4. The van der Waals surface area contributed by atoms with E-state index in [2.05, 4.69) is 53.7 Å². The molecule has 0 saturated carbocycles. The van der Waals surface area contributed by atoms with E-state index in [-0.39, 0.29) is 16.6 Å². The van der Waals surface area contributed by atoms with E-state index in [4.69, 9.17) is 5.73 Å². The molecule has 0 saturated heterocycles. The van der Waals surface area contributed by atoms with Crippen molar-refractivity contribution in [3.8, 4) is 11.1 Å². The van der Waals surface area contributed by atoms with Gasteiger partial charge in [-0.2, -0.15) is 0 Å². The Morgan fingerprint density at radius 3 is 1.69 bits per heavy atom. The smallest absolute Gasteiger partial charge is 0.124 e. The minimum atomic E-state index is -0.245. The van der Waals surface area contributed by atoms with Crippen LogP contribution >= 0.6 is 0 Å². The maximum Gasteiger partial charge on any atom is 0.124 e. The van der Waals surface area contributed by atoms with E-state index < -0.39 is 0 Å². The molecule has 2 heteroatoms. The highest BCUT2D eigenvalue weighted by Crippen LogP contribution is 2.36. The van der Waals surface area contributed by atoms with Crippen LogP contribution in [0.25, 0.3) is 23.3 Å². The van der Waals surface area contributed by atoms with Gasteiger partial charge in [0, 0.05) is 11.3 Å². The first-order valence-electron chi connectivity index (χ1n) is 9.03. The van der Waals surface area contributed by atoms with E-state index >= 15 is 0 Å². The van der Waals surface area contributed by atoms with Crippen LogP contribution in [0.4, 0.5) is 10.1 Å². The average Bonchev–Trinajstić information content (AvgIpc) is 2.50. The van der Waals surface area contributed by atoms with Gasteiger partial charge in [0.05, 0.1) is 0 Å². The van der Waals surface area contributed by atoms with Crippen molar-refractivity contribution in [3.05, 3.63) is 65.5 Å². The van der Waals surface area contributed by atoms with Crippen molar-refractivity contribution in [2.75, 3.05) is 5.73 Å². The molecule has 0 unspecified atom stereocenters. The number of para-hydroxylation sites is 1. The number of halogens is 1. The summed E-state index contributed by atoms with van der Waals surface area (Å²) in [6.45, 7) is 12.7. The van der Waals surface area contributed by atoms with Crippen molar-refractivity contribution < 1.29 is 4.39 Å². The van der Waals surface area contributed by atoms with Crippen molar-refractivity contribution in [1.82, 2.24) is 0 Å². The quantitative estimate of drug-likeness (QED) is 0.582. The van der Waals surface area contributed by atoms with Crippen LogP contribution in [0, 0.1) is 16.6 Å². The van der Waals surface area contributed by atoms with Crippen molar-refractivity contribution in [2.24, 2.45) is 10.8 Å². The van der Waals surface area contributed by atoms with Gasteiger partial charge in [0.15, 0.2) is 0 Å². The molecule has 0 heterocycles. The number of allylic oxidation sites excluding steroid dienone is 2. The lowest BCUT2D eigenvalue weighted by Crippen LogP contribution is -2.01. The number of rotatable bonds is 3. The van der Waals surface area contributed by atoms with Crippen LogP contribution in [0.15, 0.2) is 48.6 Å². The molecular formula is C24H30FN. The van der Waals surface area contributed by atoms with Gasteiger partial charge in [-0.3, -0.25) is 0 Å². The molecule has 0 radical (unpaired) electrons. The molecule has 0 atom stereocenters. The second-order valence-corrected chi connectivity index (χ2v) is 8.95. The Hall–Kier alpha value is -2.35. The number of nitrogen functional groups attached to an aromatic ring is 1. The Kier molecular flexibility index (Phi) is 5.75. The molecule has 0 aliphatic rings. The van der Waals surface area contributed by atoms with Crippen LogP contribution in [-0.2, 0) is 0 Å². The number of hydrogen-bond donors (Lipinski definition) is 1. The Morgan fingerprint density at radius 1 is 0.808 bits per heavy atom. The van der Waals surface area contributed by atoms with Crippen LogP contribution in [-0.4, -0.2) is 0 Å². The fourth-order valence-corrected chi connectivity index (χ4v) is 2.63. The van der Waals surface area contributed by atoms with E-state index in [9.17, 15) is 4.39 Å². The predicted molar refractivity (Wildman–Crippen MR) is 113 cm³/mol. The molecule has 0 aliphatic heterocycles. The second kappa shape index (κ2) is 7.49. The van der Waals surface area contributed by atoms with E-state index in [1.165, 1.54) is 0 Å². The molecule has 2 N–H and O–H groups in total. The molecule has 0 aromatic heterocycles. The summed E-state index contributed by atoms with van der Waals surface area (Å²) in [7, 11) is 0. The van der Waals surface area contributed by atoms with Gasteiger partial charge in [-0.15, -0.1) is 0 Å². The first-order chi connectivity index (χ1) is 12.0. The summed E-state index contributed by atoms with van der Waals surface area (Å²) in [5.74, 6) is -0.245. The topological polar surface area (TPSA) is 26.0 Å². The first kappa shape index (κ1) is 20.0. The van der Waals surface area contributed by atoms with Gasteiger partial charge in [-0.25, -0.2) is 4.39 Å². The zero-order valence-corrected chi connectivity index (χ0v) is 16.7. The molecule has 0 spiro atoms. The predicted octanol–water partition coefficient (Wildman–Crippen LogP) is 7.19. The number of anilines is 1. The van der Waals surface area contributed by atoms with Gasteiger partial charge in [0.2, 0.25) is 0 Å². The van der Waals surface area contributed by atoms with Gasteiger partial charge in [0.1, 0.15) is 5.82 Å². The van der Waals surface area contributed by atoms with E-state index in [0.29, 0.717) is 5.69 Å². The van der Waals surface area contributed by atoms with Crippen LogP contribution in [0.2, 0.25) is 0 Å². The highest BCUT2D eigenvalue weighted by Gasteiger charge is 2.14. The lowest BCUT2D eigenvalue weighted by atomic mass is 9.88. The highest BCUT2D eigenvalue weighted by molar-refractivity contribution is 5.88. The first-order valence-corrected chi connectivity index (χ1v) is 9.03. The Morgan fingerprint density at radius 2 is 1.27 bits per heavy atom. The Labute approximate surface area is 157 Å². The molecule has 1 nitrogen and oxygen atoms in total. The normalized spacial score (nSPS) is 13.0. The minimum Gasteiger partial charge on any atom is -0.398 e. The molecule has 0 amide bonds.